The van der Waals surface area contributed by atoms with Crippen LogP contribution < -0.4 is 24.4 Å². The highest BCUT2D eigenvalue weighted by Gasteiger charge is 2.32. The summed E-state index contributed by atoms with van der Waals surface area (Å²) in [5.41, 5.74) is 6.64. The van der Waals surface area contributed by atoms with Gasteiger partial charge < -0.3 is 24.4 Å². The number of piperidine rings is 1. The van der Waals surface area contributed by atoms with E-state index in [4.69, 9.17) is 19.2 Å². The summed E-state index contributed by atoms with van der Waals surface area (Å²) in [4.78, 5) is 7.76. The molecule has 3 aromatic rings. The van der Waals surface area contributed by atoms with Crippen molar-refractivity contribution < 1.29 is 14.2 Å². The van der Waals surface area contributed by atoms with Crippen LogP contribution in [0, 0.1) is 0 Å². The zero-order valence-corrected chi connectivity index (χ0v) is 21.5. The van der Waals surface area contributed by atoms with Gasteiger partial charge in [0.25, 0.3) is 0 Å². The molecule has 1 unspecified atom stereocenters. The molecule has 37 heavy (non-hydrogen) atoms. The molecule has 1 N–H and O–H groups in total. The quantitative estimate of drug-likeness (QED) is 0.472. The van der Waals surface area contributed by atoms with Crippen molar-refractivity contribution in [1.82, 2.24) is 5.32 Å². The first-order valence-corrected chi connectivity index (χ1v) is 13.1. The Morgan fingerprint density at radius 3 is 2.43 bits per heavy atom. The molecule has 3 aliphatic rings. The van der Waals surface area contributed by atoms with Crippen LogP contribution in [0.3, 0.4) is 0 Å². The highest BCUT2D eigenvalue weighted by atomic mass is 16.5. The van der Waals surface area contributed by atoms with Gasteiger partial charge in [0.2, 0.25) is 0 Å². The molecular weight excluding hydrogens is 462 g/mol. The van der Waals surface area contributed by atoms with Gasteiger partial charge in [0.15, 0.2) is 0 Å². The predicted molar refractivity (Wildman–Crippen MR) is 148 cm³/mol. The summed E-state index contributed by atoms with van der Waals surface area (Å²) in [5, 5.41) is 3.66. The van der Waals surface area contributed by atoms with Gasteiger partial charge in [-0.05, 0) is 42.5 Å². The van der Waals surface area contributed by atoms with Gasteiger partial charge in [0.1, 0.15) is 29.1 Å². The molecule has 6 nitrogen and oxygen atoms in total. The number of hydrogen-bond donors (Lipinski definition) is 1. The monoisotopic (exact) mass is 495 g/mol. The van der Waals surface area contributed by atoms with Crippen molar-refractivity contribution in [3.63, 3.8) is 0 Å². The van der Waals surface area contributed by atoms with E-state index in [0.717, 1.165) is 47.9 Å². The fourth-order valence-electron chi connectivity index (χ4n) is 5.57. The highest BCUT2D eigenvalue weighted by molar-refractivity contribution is 6.06. The van der Waals surface area contributed by atoms with Gasteiger partial charge in [-0.15, -0.1) is 0 Å². The van der Waals surface area contributed by atoms with E-state index in [9.17, 15) is 0 Å². The smallest absolute Gasteiger partial charge is 0.136 e. The minimum Gasteiger partial charge on any atom is -0.496 e. The summed E-state index contributed by atoms with van der Waals surface area (Å²) in [6, 6.07) is 23.0. The largest absolute Gasteiger partial charge is 0.496 e. The van der Waals surface area contributed by atoms with E-state index in [2.05, 4.69) is 46.6 Å². The van der Waals surface area contributed by atoms with E-state index >= 15 is 0 Å². The van der Waals surface area contributed by atoms with Crippen LogP contribution in [0.25, 0.3) is 5.70 Å². The molecule has 0 bridgehead atoms. The summed E-state index contributed by atoms with van der Waals surface area (Å²) in [6.45, 7) is 2.83. The van der Waals surface area contributed by atoms with Crippen molar-refractivity contribution >= 4 is 17.2 Å². The van der Waals surface area contributed by atoms with Gasteiger partial charge in [-0.3, -0.25) is 4.99 Å². The molecule has 1 saturated heterocycles. The average molecular weight is 496 g/mol. The van der Waals surface area contributed by atoms with Crippen LogP contribution in [0.1, 0.15) is 48.4 Å². The molecular formula is C31H33N3O3. The van der Waals surface area contributed by atoms with Crippen LogP contribution in [0.15, 0.2) is 77.3 Å². The van der Waals surface area contributed by atoms with Crippen LogP contribution >= 0.6 is 0 Å². The second kappa shape index (κ2) is 10.2. The van der Waals surface area contributed by atoms with E-state index < -0.39 is 0 Å². The van der Waals surface area contributed by atoms with Crippen LogP contribution in [0.4, 0.5) is 5.69 Å². The lowest BCUT2D eigenvalue weighted by atomic mass is 9.90. The Hall–Kier alpha value is -3.93. The Balaban J connectivity index is 1.47. The fourth-order valence-corrected chi connectivity index (χ4v) is 5.57. The van der Waals surface area contributed by atoms with Crippen molar-refractivity contribution in [3.8, 4) is 17.2 Å². The second-order valence-corrected chi connectivity index (χ2v) is 9.71. The lowest BCUT2D eigenvalue weighted by Crippen LogP contribution is -2.30. The predicted octanol–water partition coefficient (Wildman–Crippen LogP) is 5.98. The zero-order chi connectivity index (χ0) is 25.2. The third-order valence-electron chi connectivity index (χ3n) is 7.50. The van der Waals surface area contributed by atoms with Crippen molar-refractivity contribution in [2.24, 2.45) is 4.99 Å². The number of rotatable bonds is 5. The minimum atomic E-state index is -0.122. The van der Waals surface area contributed by atoms with Crippen LogP contribution in [-0.4, -0.2) is 39.8 Å². The van der Waals surface area contributed by atoms with Gasteiger partial charge in [-0.1, -0.05) is 42.5 Å². The minimum absolute atomic E-state index is 0.122. The number of hydrogen-bond acceptors (Lipinski definition) is 6. The Kier molecular flexibility index (Phi) is 6.47. The third-order valence-corrected chi connectivity index (χ3v) is 7.50. The van der Waals surface area contributed by atoms with Crippen LogP contribution in [0.2, 0.25) is 0 Å². The van der Waals surface area contributed by atoms with E-state index in [1.165, 1.54) is 36.1 Å². The maximum Gasteiger partial charge on any atom is 0.136 e. The van der Waals surface area contributed by atoms with Gasteiger partial charge in [0, 0.05) is 42.9 Å². The van der Waals surface area contributed by atoms with E-state index in [1.54, 1.807) is 14.2 Å². The lowest BCUT2D eigenvalue weighted by molar-refractivity contribution is 0.315. The number of fused-ring (bicyclic) bond motifs is 2. The number of anilines is 1. The van der Waals surface area contributed by atoms with Crippen molar-refractivity contribution in [1.29, 1.82) is 0 Å². The lowest BCUT2D eigenvalue weighted by Gasteiger charge is -2.30. The normalized spacial score (nSPS) is 19.0. The maximum atomic E-state index is 6.25. The maximum absolute atomic E-state index is 6.25. The first-order chi connectivity index (χ1) is 18.2. The topological polar surface area (TPSA) is 55.3 Å². The summed E-state index contributed by atoms with van der Waals surface area (Å²) in [5.74, 6) is 3.01. The summed E-state index contributed by atoms with van der Waals surface area (Å²) in [7, 11) is 3.34. The van der Waals surface area contributed by atoms with Crippen molar-refractivity contribution in [3.05, 3.63) is 89.0 Å². The van der Waals surface area contributed by atoms with Crippen LogP contribution in [0.5, 0.6) is 17.2 Å². The third kappa shape index (κ3) is 4.52. The number of aliphatic imine (C=N–C) groups is 1. The zero-order valence-electron chi connectivity index (χ0n) is 21.5. The molecule has 3 heterocycles. The van der Waals surface area contributed by atoms with Crippen LogP contribution in [-0.2, 0) is 0 Å². The SMILES string of the molecule is COc1cc(OC)c2c(c1)OCCC1=C2NC(c2ccccc2)=NC1c1ccc(N2CCCCC2)cc1. The molecule has 0 aliphatic carbocycles. The van der Waals surface area contributed by atoms with E-state index in [-0.39, 0.29) is 6.04 Å². The van der Waals surface area contributed by atoms with Gasteiger partial charge >= 0.3 is 0 Å². The van der Waals surface area contributed by atoms with E-state index in [0.29, 0.717) is 18.1 Å². The second-order valence-electron chi connectivity index (χ2n) is 9.71. The summed E-state index contributed by atoms with van der Waals surface area (Å²) < 4.78 is 17.6. The molecule has 1 atom stereocenters. The van der Waals surface area contributed by atoms with Crippen molar-refractivity contribution in [2.45, 2.75) is 31.7 Å². The fraction of sp³-hybridized carbons (Fsp3) is 0.323. The highest BCUT2D eigenvalue weighted by Crippen LogP contribution is 2.46. The molecule has 6 rings (SSSR count). The molecule has 3 aliphatic heterocycles. The number of benzene rings is 3. The Morgan fingerprint density at radius 2 is 1.70 bits per heavy atom. The molecule has 6 heteroatoms. The number of methoxy groups -OCH3 is 2. The first kappa shape index (κ1) is 23.5. The molecule has 0 saturated carbocycles. The molecule has 1 fully saturated rings. The summed E-state index contributed by atoms with van der Waals surface area (Å²) in [6.07, 6.45) is 4.62. The number of amidine groups is 1. The Bertz CT molecular complexity index is 1330. The summed E-state index contributed by atoms with van der Waals surface area (Å²) >= 11 is 0. The molecule has 0 spiro atoms. The first-order valence-electron chi connectivity index (χ1n) is 13.1. The van der Waals surface area contributed by atoms with Crippen molar-refractivity contribution in [2.75, 3.05) is 38.8 Å². The molecule has 3 aromatic carbocycles. The average Bonchev–Trinajstić information content (AvgIpc) is 3.16. The van der Waals surface area contributed by atoms with E-state index in [1.807, 2.05) is 30.3 Å². The van der Waals surface area contributed by atoms with Gasteiger partial charge in [-0.25, -0.2) is 0 Å². The molecule has 0 radical (unpaired) electrons. The molecule has 190 valence electrons. The number of nitrogens with zero attached hydrogens (tertiary/aromatic N) is 2. The number of nitrogens with one attached hydrogen (secondary N) is 1. The molecule has 0 amide bonds. The number of ether oxygens (including phenoxy) is 3. The Morgan fingerprint density at radius 1 is 0.919 bits per heavy atom. The molecule has 0 aromatic heterocycles. The van der Waals surface area contributed by atoms with Gasteiger partial charge in [0.05, 0.1) is 32.1 Å². The standard InChI is InChI=1S/C31H33N3O3/c1-35-24-19-26(36-2)28-27(20-24)37-18-15-25-29(32-31(33-30(25)28)22-9-5-3-6-10-22)21-11-13-23(14-12-21)34-16-7-4-8-17-34/h3,5-6,9-14,19-20,29H,4,7-8,15-18H2,1-2H3,(H,32,33). The van der Waals surface area contributed by atoms with Gasteiger partial charge in [-0.2, -0.15) is 0 Å². The Labute approximate surface area is 218 Å².